The maximum Gasteiger partial charge on any atom is 0.271 e. The highest BCUT2D eigenvalue weighted by Crippen LogP contribution is 2.40. The number of aromatic nitrogens is 2. The number of rotatable bonds is 8. The number of hydrogen-bond acceptors (Lipinski definition) is 8. The number of likely N-dealkylation sites (N-methyl/N-ethyl adjacent to an activating group) is 1. The summed E-state index contributed by atoms with van der Waals surface area (Å²) in [6, 6.07) is 16.3. The molecular weight excluding hydrogens is 528 g/mol. The largest absolute Gasteiger partial charge is 0.369 e. The quantitative estimate of drug-likeness (QED) is 0.376. The average Bonchev–Trinajstić information content (AvgIpc) is 3.85. The molecule has 3 aromatic rings. The third-order valence-electron chi connectivity index (χ3n) is 8.72. The lowest BCUT2D eigenvalue weighted by atomic mass is 9.99. The molecule has 2 atom stereocenters. The van der Waals surface area contributed by atoms with Crippen molar-refractivity contribution in [3.05, 3.63) is 71.5 Å². The molecule has 1 aromatic heterocycles. The van der Waals surface area contributed by atoms with Gasteiger partial charge in [-0.3, -0.25) is 9.59 Å². The van der Waals surface area contributed by atoms with Crippen molar-refractivity contribution in [2.75, 3.05) is 54.9 Å². The number of nitrogens with two attached hydrogens (primary N) is 1. The predicted molar refractivity (Wildman–Crippen MR) is 166 cm³/mol. The molecule has 3 aliphatic rings. The van der Waals surface area contributed by atoms with E-state index in [2.05, 4.69) is 68.6 Å². The van der Waals surface area contributed by atoms with Crippen LogP contribution in [0.15, 0.2) is 54.7 Å². The molecule has 0 unspecified atom stereocenters. The van der Waals surface area contributed by atoms with Crippen molar-refractivity contribution in [3.8, 4) is 0 Å². The van der Waals surface area contributed by atoms with Crippen LogP contribution in [-0.4, -0.2) is 78.5 Å². The van der Waals surface area contributed by atoms with Gasteiger partial charge in [0.1, 0.15) is 5.82 Å². The van der Waals surface area contributed by atoms with E-state index in [1.165, 1.54) is 18.4 Å². The second kappa shape index (κ2) is 12.0. The summed E-state index contributed by atoms with van der Waals surface area (Å²) in [6.45, 7) is 6.80. The van der Waals surface area contributed by atoms with Crippen molar-refractivity contribution in [1.29, 1.82) is 0 Å². The first-order chi connectivity index (χ1) is 20.3. The first-order valence-electron chi connectivity index (χ1n) is 15.0. The lowest BCUT2D eigenvalue weighted by Crippen LogP contribution is -2.51. The van der Waals surface area contributed by atoms with Crippen LogP contribution in [0, 0.1) is 0 Å². The minimum absolute atomic E-state index is 0.0343. The number of primary amides is 1. The summed E-state index contributed by atoms with van der Waals surface area (Å²) in [6.07, 6.45) is 5.85. The van der Waals surface area contributed by atoms with E-state index in [0.29, 0.717) is 29.7 Å². The van der Waals surface area contributed by atoms with Crippen LogP contribution in [0.4, 0.5) is 23.0 Å². The van der Waals surface area contributed by atoms with Gasteiger partial charge >= 0.3 is 0 Å². The van der Waals surface area contributed by atoms with E-state index in [9.17, 15) is 9.59 Å². The highest BCUT2D eigenvalue weighted by Gasteiger charge is 2.29. The topological polar surface area (TPSA) is 120 Å². The second-order valence-electron chi connectivity index (χ2n) is 11.9. The van der Waals surface area contributed by atoms with Crippen LogP contribution in [0.2, 0.25) is 0 Å². The molecule has 1 saturated carbocycles. The van der Waals surface area contributed by atoms with Crippen molar-refractivity contribution in [2.24, 2.45) is 5.73 Å². The summed E-state index contributed by atoms with van der Waals surface area (Å²) < 4.78 is 0. The van der Waals surface area contributed by atoms with Gasteiger partial charge in [-0.1, -0.05) is 12.1 Å². The molecule has 2 saturated heterocycles. The lowest BCUT2D eigenvalue weighted by molar-refractivity contribution is 0.0930. The van der Waals surface area contributed by atoms with Crippen LogP contribution in [0.5, 0.6) is 0 Å². The first kappa shape index (κ1) is 28.0. The molecule has 2 aliphatic heterocycles. The number of hydrogen-bond donors (Lipinski definition) is 3. The molecule has 3 fully saturated rings. The van der Waals surface area contributed by atoms with E-state index in [-0.39, 0.29) is 23.7 Å². The number of nitrogens with zero attached hydrogens (tertiary/aromatic N) is 5. The Kier molecular flexibility index (Phi) is 7.97. The molecule has 0 bridgehead atoms. The number of carbonyl (C=O) groups excluding carboxylic acids is 2. The maximum atomic E-state index is 13.0. The fourth-order valence-electron chi connectivity index (χ4n) is 5.88. The number of benzene rings is 2. The van der Waals surface area contributed by atoms with Gasteiger partial charge in [-0.15, -0.1) is 0 Å². The van der Waals surface area contributed by atoms with Crippen molar-refractivity contribution < 1.29 is 9.59 Å². The SMILES string of the molecule is C[C@@H]1CC[C@H](NC(=O)c2ccc(C3CC3)cc2)CN1c1cnc(C(N)=O)c(Nc2ccc(N3CCN(C)CC3)cc2)n1. The molecule has 1 aliphatic carbocycles. The normalized spacial score (nSPS) is 21.2. The van der Waals surface area contributed by atoms with E-state index in [1.807, 2.05) is 24.3 Å². The Hall–Kier alpha value is -4.18. The summed E-state index contributed by atoms with van der Waals surface area (Å²) in [5, 5.41) is 6.48. The van der Waals surface area contributed by atoms with Gasteiger partial charge in [-0.25, -0.2) is 9.97 Å². The molecule has 0 spiro atoms. The Morgan fingerprint density at radius 1 is 0.929 bits per heavy atom. The van der Waals surface area contributed by atoms with Gasteiger partial charge in [-0.05, 0) is 87.5 Å². The predicted octanol–water partition coefficient (Wildman–Crippen LogP) is 3.74. The van der Waals surface area contributed by atoms with Gasteiger partial charge in [0.2, 0.25) is 0 Å². The van der Waals surface area contributed by atoms with Gasteiger partial charge in [0.25, 0.3) is 11.8 Å². The van der Waals surface area contributed by atoms with Crippen molar-refractivity contribution in [3.63, 3.8) is 0 Å². The fraction of sp³-hybridized carbons (Fsp3) is 0.438. The van der Waals surface area contributed by atoms with E-state index in [0.717, 1.165) is 50.4 Å². The molecule has 6 rings (SSSR count). The van der Waals surface area contributed by atoms with Gasteiger partial charge in [0.05, 0.1) is 6.20 Å². The Morgan fingerprint density at radius 3 is 2.31 bits per heavy atom. The van der Waals surface area contributed by atoms with Crippen LogP contribution in [0.25, 0.3) is 0 Å². The standard InChI is InChI=1S/C32H40N8O2/c1-21-3-10-26(36-32(42)24-8-6-23(7-9-24)22-4-5-22)20-40(21)28-19-34-29(30(33)41)31(37-28)35-25-11-13-27(14-12-25)39-17-15-38(2)16-18-39/h6-9,11-14,19,21-22,26H,3-5,10,15-18,20H2,1-2H3,(H2,33,41)(H,35,37)(H,36,42)/t21-,26+/m1/s1. The summed E-state index contributed by atoms with van der Waals surface area (Å²) in [5.74, 6) is 0.918. The van der Waals surface area contributed by atoms with Gasteiger partial charge < -0.3 is 31.1 Å². The Bertz CT molecular complexity index is 1420. The van der Waals surface area contributed by atoms with Crippen LogP contribution in [0.1, 0.15) is 64.9 Å². The minimum atomic E-state index is -0.643. The third kappa shape index (κ3) is 6.33. The van der Waals surface area contributed by atoms with E-state index in [1.54, 1.807) is 6.20 Å². The van der Waals surface area contributed by atoms with E-state index >= 15 is 0 Å². The van der Waals surface area contributed by atoms with Crippen molar-refractivity contribution in [1.82, 2.24) is 20.2 Å². The molecular formula is C32H40N8O2. The Balaban J connectivity index is 1.15. The number of piperazine rings is 1. The van der Waals surface area contributed by atoms with Gasteiger partial charge in [0, 0.05) is 61.7 Å². The van der Waals surface area contributed by atoms with E-state index < -0.39 is 5.91 Å². The first-order valence-corrected chi connectivity index (χ1v) is 15.0. The zero-order valence-corrected chi connectivity index (χ0v) is 24.4. The van der Waals surface area contributed by atoms with Crippen LogP contribution in [-0.2, 0) is 0 Å². The minimum Gasteiger partial charge on any atom is -0.369 e. The number of amides is 2. The van der Waals surface area contributed by atoms with Gasteiger partial charge in [-0.2, -0.15) is 0 Å². The second-order valence-corrected chi connectivity index (χ2v) is 11.9. The average molecular weight is 569 g/mol. The molecule has 10 nitrogen and oxygen atoms in total. The molecule has 220 valence electrons. The zero-order chi connectivity index (χ0) is 29.2. The van der Waals surface area contributed by atoms with Crippen molar-refractivity contribution in [2.45, 2.75) is 50.6 Å². The smallest absolute Gasteiger partial charge is 0.271 e. The summed E-state index contributed by atoms with van der Waals surface area (Å²) in [4.78, 5) is 41.3. The molecule has 10 heteroatoms. The fourth-order valence-corrected chi connectivity index (χ4v) is 5.88. The molecule has 42 heavy (non-hydrogen) atoms. The Morgan fingerprint density at radius 2 is 1.64 bits per heavy atom. The monoisotopic (exact) mass is 568 g/mol. The molecule has 4 N–H and O–H groups in total. The summed E-state index contributed by atoms with van der Waals surface area (Å²) in [5.41, 5.74) is 9.71. The lowest BCUT2D eigenvalue weighted by Gasteiger charge is -2.39. The van der Waals surface area contributed by atoms with Crippen molar-refractivity contribution >= 4 is 34.8 Å². The van der Waals surface area contributed by atoms with Crippen LogP contribution >= 0.6 is 0 Å². The number of nitrogens with one attached hydrogen (secondary N) is 2. The molecule has 0 radical (unpaired) electrons. The third-order valence-corrected chi connectivity index (χ3v) is 8.72. The highest BCUT2D eigenvalue weighted by atomic mass is 16.2. The van der Waals surface area contributed by atoms with Gasteiger partial charge in [0.15, 0.2) is 11.5 Å². The number of anilines is 4. The molecule has 2 amide bonds. The molecule has 2 aromatic carbocycles. The number of carbonyl (C=O) groups is 2. The zero-order valence-electron chi connectivity index (χ0n) is 24.4. The van der Waals surface area contributed by atoms with E-state index in [4.69, 9.17) is 10.7 Å². The van der Waals surface area contributed by atoms with Crippen LogP contribution < -0.4 is 26.2 Å². The molecule has 3 heterocycles. The highest BCUT2D eigenvalue weighted by molar-refractivity contribution is 5.96. The summed E-state index contributed by atoms with van der Waals surface area (Å²) in [7, 11) is 2.14. The summed E-state index contributed by atoms with van der Waals surface area (Å²) >= 11 is 0. The Labute approximate surface area is 247 Å². The van der Waals surface area contributed by atoms with Crippen LogP contribution in [0.3, 0.4) is 0 Å². The number of piperidine rings is 1. The maximum absolute atomic E-state index is 13.0.